The molecule has 1 aromatic heterocycles. The zero-order valence-electron chi connectivity index (χ0n) is 24.5. The second-order valence-corrected chi connectivity index (χ2v) is 10.6. The summed E-state index contributed by atoms with van der Waals surface area (Å²) in [6.45, 7) is 5.01. The van der Waals surface area contributed by atoms with E-state index in [1.165, 1.54) is 0 Å². The Kier molecular flexibility index (Phi) is 9.70. The van der Waals surface area contributed by atoms with E-state index >= 15 is 0 Å². The van der Waals surface area contributed by atoms with Crippen LogP contribution in [0.2, 0.25) is 5.02 Å². The summed E-state index contributed by atoms with van der Waals surface area (Å²) in [5, 5.41) is 15.4. The highest BCUT2D eigenvalue weighted by Crippen LogP contribution is 2.32. The number of para-hydroxylation sites is 1. The predicted octanol–water partition coefficient (Wildman–Crippen LogP) is 6.79. The highest BCUT2D eigenvalue weighted by atomic mass is 35.5. The maximum atomic E-state index is 13.7. The fraction of sp³-hybridized carbons (Fsp3) is 0.200. The lowest BCUT2D eigenvalue weighted by molar-refractivity contribution is -0.140. The Morgan fingerprint density at radius 1 is 0.977 bits per heavy atom. The molecule has 222 valence electrons. The molecule has 0 fully saturated rings. The average Bonchev–Trinajstić information content (AvgIpc) is 3.47. The quantitative estimate of drug-likeness (QED) is 0.106. The molecule has 0 aliphatic carbocycles. The zero-order valence-corrected chi connectivity index (χ0v) is 25.3. The second kappa shape index (κ2) is 14.0. The molecule has 3 aromatic carbocycles. The van der Waals surface area contributed by atoms with Crippen LogP contribution in [-0.4, -0.2) is 46.3 Å². The summed E-state index contributed by atoms with van der Waals surface area (Å²) in [4.78, 5) is 27.8. The van der Waals surface area contributed by atoms with Crippen LogP contribution in [0.3, 0.4) is 0 Å². The molecule has 0 bridgehead atoms. The van der Waals surface area contributed by atoms with E-state index in [-0.39, 0.29) is 17.7 Å². The van der Waals surface area contributed by atoms with Gasteiger partial charge in [-0.25, -0.2) is 4.68 Å². The summed E-state index contributed by atoms with van der Waals surface area (Å²) in [5.41, 5.74) is 4.50. The summed E-state index contributed by atoms with van der Waals surface area (Å²) < 4.78 is 13.1. The van der Waals surface area contributed by atoms with Crippen LogP contribution in [0.4, 0.5) is 0 Å². The van der Waals surface area contributed by atoms with Crippen molar-refractivity contribution in [2.24, 2.45) is 0 Å². The number of ether oxygens (including phenoxy) is 2. The first kappa shape index (κ1) is 30.5. The summed E-state index contributed by atoms with van der Waals surface area (Å²) in [5.74, 6) is -0.349. The van der Waals surface area contributed by atoms with Crippen molar-refractivity contribution in [1.29, 1.82) is 5.26 Å². The first-order valence-electron chi connectivity index (χ1n) is 14.3. The third-order valence-electron chi connectivity index (χ3n) is 7.21. The first-order chi connectivity index (χ1) is 21.4. The zero-order chi connectivity index (χ0) is 31.1. The van der Waals surface area contributed by atoms with Crippen molar-refractivity contribution in [2.75, 3.05) is 19.8 Å². The van der Waals surface area contributed by atoms with Gasteiger partial charge in [-0.1, -0.05) is 41.9 Å². The molecular formula is C35H31ClN4O4. The van der Waals surface area contributed by atoms with E-state index in [0.717, 1.165) is 21.7 Å². The van der Waals surface area contributed by atoms with Crippen molar-refractivity contribution in [1.82, 2.24) is 14.7 Å². The maximum absolute atomic E-state index is 13.7. The molecule has 5 rings (SSSR count). The van der Waals surface area contributed by atoms with Gasteiger partial charge in [0.2, 0.25) is 0 Å². The minimum Gasteiger partial charge on any atom is -0.489 e. The Hall–Kier alpha value is -4.97. The largest absolute Gasteiger partial charge is 0.489 e. The third kappa shape index (κ3) is 6.81. The van der Waals surface area contributed by atoms with Crippen molar-refractivity contribution < 1.29 is 19.1 Å². The van der Waals surface area contributed by atoms with Crippen LogP contribution in [0.5, 0.6) is 5.75 Å². The number of hydrogen-bond acceptors (Lipinski definition) is 6. The van der Waals surface area contributed by atoms with Crippen LogP contribution in [0.15, 0.2) is 102 Å². The molecule has 9 heteroatoms. The summed E-state index contributed by atoms with van der Waals surface area (Å²) in [6.07, 6.45) is 4.02. The lowest BCUT2D eigenvalue weighted by Gasteiger charge is -2.27. The van der Waals surface area contributed by atoms with Gasteiger partial charge in [0.15, 0.2) is 0 Å². The van der Waals surface area contributed by atoms with Crippen LogP contribution in [0, 0.1) is 11.3 Å². The molecular weight excluding hydrogens is 576 g/mol. The number of aromatic nitrogens is 2. The van der Waals surface area contributed by atoms with E-state index in [9.17, 15) is 14.9 Å². The Bertz CT molecular complexity index is 1750. The molecule has 0 unspecified atom stereocenters. The molecule has 0 atom stereocenters. The normalized spacial score (nSPS) is 14.3. The molecule has 0 spiro atoms. The van der Waals surface area contributed by atoms with E-state index < -0.39 is 11.8 Å². The van der Waals surface area contributed by atoms with E-state index in [1.807, 2.05) is 98.1 Å². The molecule has 4 aromatic rings. The third-order valence-corrected chi connectivity index (χ3v) is 7.46. The fourth-order valence-corrected chi connectivity index (χ4v) is 4.97. The molecule has 0 N–H and O–H groups in total. The molecule has 44 heavy (non-hydrogen) atoms. The number of benzene rings is 3. The molecule has 2 heterocycles. The van der Waals surface area contributed by atoms with Gasteiger partial charge >= 0.3 is 0 Å². The second-order valence-electron chi connectivity index (χ2n) is 10.1. The van der Waals surface area contributed by atoms with Crippen LogP contribution in [0.1, 0.15) is 31.4 Å². The van der Waals surface area contributed by atoms with E-state index in [4.69, 9.17) is 26.2 Å². The van der Waals surface area contributed by atoms with Gasteiger partial charge in [0, 0.05) is 47.7 Å². The maximum Gasteiger partial charge on any atom is 0.271 e. The van der Waals surface area contributed by atoms with E-state index in [2.05, 4.69) is 0 Å². The number of imide groups is 1. The molecule has 0 saturated carbocycles. The highest BCUT2D eigenvalue weighted by molar-refractivity contribution is 6.30. The van der Waals surface area contributed by atoms with E-state index in [1.54, 1.807) is 17.7 Å². The van der Waals surface area contributed by atoms with Gasteiger partial charge in [-0.2, -0.15) is 10.4 Å². The van der Waals surface area contributed by atoms with E-state index in [0.29, 0.717) is 53.8 Å². The van der Waals surface area contributed by atoms with Crippen molar-refractivity contribution in [3.8, 4) is 28.8 Å². The van der Waals surface area contributed by atoms with Gasteiger partial charge in [-0.3, -0.25) is 14.5 Å². The standard InChI is InChI=1S/C35H31ClN4O4/c1-3-43-19-7-18-39-34(41)31(24(2)32(21-37)35(39)42)20-27-22-40(29-8-5-4-6-9-29)38-33(27)26-12-16-30(17-13-26)44-23-25-10-14-28(36)15-11-25/h4-6,8-17,20,22H,3,7,18-19,23H2,1-2H3/b31-20+. The summed E-state index contributed by atoms with van der Waals surface area (Å²) in [6, 6.07) is 26.7. The molecule has 0 saturated heterocycles. The Morgan fingerprint density at radius 3 is 2.39 bits per heavy atom. The number of rotatable bonds is 11. The number of amides is 2. The van der Waals surface area contributed by atoms with Crippen molar-refractivity contribution >= 4 is 29.5 Å². The first-order valence-corrected chi connectivity index (χ1v) is 14.7. The number of nitrogens with zero attached hydrogens (tertiary/aromatic N) is 4. The van der Waals surface area contributed by atoms with Crippen molar-refractivity contribution in [3.05, 3.63) is 118 Å². The van der Waals surface area contributed by atoms with Crippen LogP contribution in [-0.2, 0) is 20.9 Å². The fourth-order valence-electron chi connectivity index (χ4n) is 4.84. The van der Waals surface area contributed by atoms with Crippen LogP contribution >= 0.6 is 11.6 Å². The van der Waals surface area contributed by atoms with Gasteiger partial charge in [0.25, 0.3) is 11.8 Å². The molecule has 0 radical (unpaired) electrons. The Morgan fingerprint density at radius 2 is 1.70 bits per heavy atom. The number of halogens is 1. The number of carbonyl (C=O) groups is 2. The predicted molar refractivity (Wildman–Crippen MR) is 169 cm³/mol. The summed E-state index contributed by atoms with van der Waals surface area (Å²) >= 11 is 5.98. The Balaban J connectivity index is 1.50. The van der Waals surface area contributed by atoms with Crippen molar-refractivity contribution in [3.63, 3.8) is 0 Å². The summed E-state index contributed by atoms with van der Waals surface area (Å²) in [7, 11) is 0. The minimum absolute atomic E-state index is 0.0496. The van der Waals surface area contributed by atoms with Crippen LogP contribution in [0.25, 0.3) is 23.0 Å². The number of nitriles is 1. The number of carbonyl (C=O) groups excluding carboxylic acids is 2. The van der Waals surface area contributed by atoms with Gasteiger partial charge in [0.1, 0.15) is 24.0 Å². The highest BCUT2D eigenvalue weighted by Gasteiger charge is 2.35. The average molecular weight is 607 g/mol. The smallest absolute Gasteiger partial charge is 0.271 e. The SMILES string of the molecule is CCOCCCN1C(=O)C(C#N)=C(C)/C(=C\c2cn(-c3ccccc3)nc2-c2ccc(OCc3ccc(Cl)cc3)cc2)C1=O. The monoisotopic (exact) mass is 606 g/mol. The van der Waals surface area contributed by atoms with Gasteiger partial charge in [-0.05, 0) is 86.0 Å². The number of hydrogen-bond donors (Lipinski definition) is 0. The van der Waals surface area contributed by atoms with Gasteiger partial charge < -0.3 is 9.47 Å². The molecule has 1 aliphatic rings. The molecule has 2 amide bonds. The minimum atomic E-state index is -0.585. The topological polar surface area (TPSA) is 97.5 Å². The lowest BCUT2D eigenvalue weighted by Crippen LogP contribution is -2.43. The van der Waals surface area contributed by atoms with Crippen LogP contribution < -0.4 is 4.74 Å². The van der Waals surface area contributed by atoms with Gasteiger partial charge in [-0.15, -0.1) is 0 Å². The van der Waals surface area contributed by atoms with Crippen molar-refractivity contribution in [2.45, 2.75) is 26.9 Å². The Labute approximate surface area is 261 Å². The van der Waals surface area contributed by atoms with Gasteiger partial charge in [0.05, 0.1) is 11.4 Å². The lowest BCUT2D eigenvalue weighted by atomic mass is 9.93. The molecule has 1 aliphatic heterocycles. The molecule has 8 nitrogen and oxygen atoms in total.